The minimum atomic E-state index is -0.470. The molecule has 2 heteroatoms. The van der Waals surface area contributed by atoms with Crippen LogP contribution in [0, 0.1) is 11.3 Å². The zero-order chi connectivity index (χ0) is 14.6. The lowest BCUT2D eigenvalue weighted by Crippen LogP contribution is -2.20. The molecule has 0 bridgehead atoms. The molecule has 1 aliphatic rings. The van der Waals surface area contributed by atoms with Crippen molar-refractivity contribution in [1.82, 2.24) is 0 Å². The summed E-state index contributed by atoms with van der Waals surface area (Å²) in [6, 6.07) is 0. The van der Waals surface area contributed by atoms with Crippen LogP contribution in [0.3, 0.4) is 0 Å². The van der Waals surface area contributed by atoms with E-state index in [9.17, 15) is 9.90 Å². The first kappa shape index (κ1) is 16.2. The van der Waals surface area contributed by atoms with E-state index in [-0.39, 0.29) is 11.2 Å². The molecule has 0 aliphatic heterocycles. The molecular formula is C17H28O2. The van der Waals surface area contributed by atoms with Crippen LogP contribution in [0.2, 0.25) is 0 Å². The number of ketones is 1. The van der Waals surface area contributed by atoms with Crippen molar-refractivity contribution < 1.29 is 9.90 Å². The predicted molar refractivity (Wildman–Crippen MR) is 79.9 cm³/mol. The van der Waals surface area contributed by atoms with Crippen LogP contribution in [0.15, 0.2) is 23.3 Å². The van der Waals surface area contributed by atoms with Gasteiger partial charge in [-0.15, -0.1) is 0 Å². The van der Waals surface area contributed by atoms with Crippen molar-refractivity contribution in [3.8, 4) is 0 Å². The molecule has 0 fully saturated rings. The van der Waals surface area contributed by atoms with Gasteiger partial charge in [-0.3, -0.25) is 0 Å². The molecule has 0 spiro atoms. The summed E-state index contributed by atoms with van der Waals surface area (Å²) in [6.45, 7) is 10.3. The number of rotatable bonds is 6. The maximum Gasteiger partial charge on any atom is 0.129 e. The topological polar surface area (TPSA) is 37.3 Å². The number of carbonyl (C=O) groups excluding carboxylic acids is 1. The fourth-order valence-corrected chi connectivity index (χ4v) is 2.62. The van der Waals surface area contributed by atoms with Gasteiger partial charge < -0.3 is 9.90 Å². The maximum absolute atomic E-state index is 10.9. The molecule has 108 valence electrons. The van der Waals surface area contributed by atoms with Gasteiger partial charge in [-0.25, -0.2) is 0 Å². The summed E-state index contributed by atoms with van der Waals surface area (Å²) in [5.74, 6) is 0.769. The molecule has 0 saturated heterocycles. The van der Waals surface area contributed by atoms with Crippen LogP contribution in [0.5, 0.6) is 0 Å². The van der Waals surface area contributed by atoms with E-state index in [0.29, 0.717) is 18.8 Å². The second-order valence-electron chi connectivity index (χ2n) is 6.48. The Hall–Kier alpha value is -0.890. The number of allylic oxidation sites excluding steroid dienone is 3. The molecule has 1 aliphatic carbocycles. The lowest BCUT2D eigenvalue weighted by atomic mass is 9.76. The lowest BCUT2D eigenvalue weighted by molar-refractivity contribution is -0.117. The Morgan fingerprint density at radius 2 is 2.16 bits per heavy atom. The third-order valence-corrected chi connectivity index (χ3v) is 4.77. The summed E-state index contributed by atoms with van der Waals surface area (Å²) < 4.78 is 0. The van der Waals surface area contributed by atoms with Crippen LogP contribution in [0.25, 0.3) is 0 Å². The highest BCUT2D eigenvalue weighted by atomic mass is 16.3. The number of aliphatic hydroxyl groups is 1. The van der Waals surface area contributed by atoms with Crippen LogP contribution in [-0.2, 0) is 4.79 Å². The molecule has 0 aromatic rings. The molecule has 2 unspecified atom stereocenters. The summed E-state index contributed by atoms with van der Waals surface area (Å²) in [4.78, 5) is 10.9. The fourth-order valence-electron chi connectivity index (χ4n) is 2.62. The molecule has 0 heterocycles. The van der Waals surface area contributed by atoms with Crippen molar-refractivity contribution in [2.24, 2.45) is 11.3 Å². The normalized spacial score (nSPS) is 24.2. The number of Topliss-reactive ketones (excluding diaryl/α,β-unsaturated/α-hetero) is 1. The number of hydrogen-bond acceptors (Lipinski definition) is 2. The van der Waals surface area contributed by atoms with E-state index in [1.54, 1.807) is 6.92 Å². The Morgan fingerprint density at radius 3 is 2.63 bits per heavy atom. The Morgan fingerprint density at radius 1 is 1.53 bits per heavy atom. The minimum absolute atomic E-state index is 0.142. The second kappa shape index (κ2) is 6.51. The van der Waals surface area contributed by atoms with Crippen molar-refractivity contribution in [3.05, 3.63) is 23.3 Å². The van der Waals surface area contributed by atoms with E-state index in [1.165, 1.54) is 5.57 Å². The van der Waals surface area contributed by atoms with E-state index in [4.69, 9.17) is 0 Å². The predicted octanol–water partition coefficient (Wildman–Crippen LogP) is 4.05. The van der Waals surface area contributed by atoms with Crippen molar-refractivity contribution in [3.63, 3.8) is 0 Å². The van der Waals surface area contributed by atoms with E-state index in [0.717, 1.165) is 18.4 Å². The molecule has 19 heavy (non-hydrogen) atoms. The first-order valence-electron chi connectivity index (χ1n) is 7.26. The number of carbonyl (C=O) groups is 1. The number of hydrogen-bond donors (Lipinski definition) is 1. The van der Waals surface area contributed by atoms with Crippen molar-refractivity contribution >= 4 is 5.78 Å². The molecule has 0 amide bonds. The van der Waals surface area contributed by atoms with Crippen LogP contribution in [0.4, 0.5) is 0 Å². The molecule has 1 N–H and O–H groups in total. The van der Waals surface area contributed by atoms with Crippen molar-refractivity contribution in [2.75, 3.05) is 0 Å². The zero-order valence-electron chi connectivity index (χ0n) is 13.0. The monoisotopic (exact) mass is 264 g/mol. The molecule has 1 rings (SSSR count). The summed E-state index contributed by atoms with van der Waals surface area (Å²) in [7, 11) is 0. The molecule has 2 nitrogen and oxygen atoms in total. The highest BCUT2D eigenvalue weighted by Crippen LogP contribution is 2.44. The summed E-state index contributed by atoms with van der Waals surface area (Å²) >= 11 is 0. The van der Waals surface area contributed by atoms with E-state index in [2.05, 4.69) is 32.9 Å². The van der Waals surface area contributed by atoms with Gasteiger partial charge in [-0.2, -0.15) is 0 Å². The SMILES string of the molecule is CC(=O)CCC(O)C(C)=CCC1CC=C(C)C1(C)C. The van der Waals surface area contributed by atoms with Gasteiger partial charge in [0.25, 0.3) is 0 Å². The maximum atomic E-state index is 10.9. The van der Waals surface area contributed by atoms with Crippen molar-refractivity contribution in [2.45, 2.75) is 66.4 Å². The third kappa shape index (κ3) is 4.31. The Balaban J connectivity index is 2.50. The van der Waals surface area contributed by atoms with E-state index >= 15 is 0 Å². The van der Waals surface area contributed by atoms with Crippen LogP contribution in [-0.4, -0.2) is 17.0 Å². The Bertz CT molecular complexity index is 388. The van der Waals surface area contributed by atoms with E-state index in [1.807, 2.05) is 6.92 Å². The zero-order valence-corrected chi connectivity index (χ0v) is 13.0. The van der Waals surface area contributed by atoms with Gasteiger partial charge in [-0.1, -0.05) is 31.6 Å². The first-order chi connectivity index (χ1) is 8.75. The van der Waals surface area contributed by atoms with Gasteiger partial charge in [0.15, 0.2) is 0 Å². The van der Waals surface area contributed by atoms with Crippen LogP contribution >= 0.6 is 0 Å². The molecule has 0 radical (unpaired) electrons. The Kier molecular flexibility index (Phi) is 5.54. The molecular weight excluding hydrogens is 236 g/mol. The summed E-state index contributed by atoms with van der Waals surface area (Å²) in [6.07, 6.45) is 7.16. The van der Waals surface area contributed by atoms with Gasteiger partial charge in [0.1, 0.15) is 5.78 Å². The standard InChI is InChI=1S/C17H28O2/c1-12(16(19)11-8-14(3)18)6-9-15-10-7-13(2)17(15,4)5/h6-7,15-16,19H,8-11H2,1-5H3. The highest BCUT2D eigenvalue weighted by molar-refractivity contribution is 5.75. The van der Waals surface area contributed by atoms with Gasteiger partial charge >= 0.3 is 0 Å². The summed E-state index contributed by atoms with van der Waals surface area (Å²) in [5.41, 5.74) is 2.74. The van der Waals surface area contributed by atoms with Gasteiger partial charge in [0, 0.05) is 6.42 Å². The lowest BCUT2D eigenvalue weighted by Gasteiger charge is -2.29. The summed E-state index contributed by atoms with van der Waals surface area (Å²) in [5, 5.41) is 9.99. The minimum Gasteiger partial charge on any atom is -0.389 e. The molecule has 0 aromatic heterocycles. The average molecular weight is 264 g/mol. The van der Waals surface area contributed by atoms with Gasteiger partial charge in [0.2, 0.25) is 0 Å². The van der Waals surface area contributed by atoms with Gasteiger partial charge in [-0.05, 0) is 56.9 Å². The number of aliphatic hydroxyl groups excluding tert-OH is 1. The van der Waals surface area contributed by atoms with Gasteiger partial charge in [0.05, 0.1) is 6.10 Å². The quantitative estimate of drug-likeness (QED) is 0.735. The van der Waals surface area contributed by atoms with Crippen molar-refractivity contribution in [1.29, 1.82) is 0 Å². The van der Waals surface area contributed by atoms with E-state index < -0.39 is 6.10 Å². The molecule has 0 saturated carbocycles. The second-order valence-corrected chi connectivity index (χ2v) is 6.48. The largest absolute Gasteiger partial charge is 0.389 e. The fraction of sp³-hybridized carbons (Fsp3) is 0.706. The van der Waals surface area contributed by atoms with Crippen LogP contribution in [0.1, 0.15) is 60.3 Å². The smallest absolute Gasteiger partial charge is 0.129 e. The Labute approximate surface area is 117 Å². The van der Waals surface area contributed by atoms with Crippen LogP contribution < -0.4 is 0 Å². The first-order valence-corrected chi connectivity index (χ1v) is 7.26. The third-order valence-electron chi connectivity index (χ3n) is 4.77. The average Bonchev–Trinajstić information content (AvgIpc) is 2.58. The molecule has 2 atom stereocenters. The molecule has 0 aromatic carbocycles. The highest BCUT2D eigenvalue weighted by Gasteiger charge is 2.33.